The van der Waals surface area contributed by atoms with Crippen LogP contribution in [0.15, 0.2) is 6.20 Å². The molecule has 20 heavy (non-hydrogen) atoms. The van der Waals surface area contributed by atoms with Crippen molar-refractivity contribution in [2.45, 2.75) is 57.0 Å². The molecular weight excluding hydrogens is 260 g/mol. The van der Waals surface area contributed by atoms with Crippen LogP contribution in [0.1, 0.15) is 61.5 Å². The summed E-state index contributed by atoms with van der Waals surface area (Å²) in [6, 6.07) is 0.354. The van der Waals surface area contributed by atoms with Gasteiger partial charge in [0.15, 0.2) is 0 Å². The highest BCUT2D eigenvalue weighted by atomic mass is 16.6. The topological polar surface area (TPSA) is 90.1 Å². The Morgan fingerprint density at radius 1 is 1.30 bits per heavy atom. The summed E-state index contributed by atoms with van der Waals surface area (Å²) in [6.45, 7) is 0. The molecule has 0 aliphatic heterocycles. The summed E-state index contributed by atoms with van der Waals surface area (Å²) >= 11 is 0. The molecule has 1 aromatic heterocycles. The maximum Gasteiger partial charge on any atom is 0.320 e. The van der Waals surface area contributed by atoms with Crippen LogP contribution >= 0.6 is 0 Å². The summed E-state index contributed by atoms with van der Waals surface area (Å²) in [5.41, 5.74) is -0.235. The van der Waals surface area contributed by atoms with E-state index in [-0.39, 0.29) is 23.5 Å². The molecule has 2 saturated carbocycles. The van der Waals surface area contributed by atoms with Gasteiger partial charge < -0.3 is 5.32 Å². The Hall–Kier alpha value is -1.92. The zero-order valence-corrected chi connectivity index (χ0v) is 11.2. The first-order valence-electron chi connectivity index (χ1n) is 7.19. The minimum Gasteiger partial charge on any atom is -0.348 e. The van der Waals surface area contributed by atoms with Crippen molar-refractivity contribution in [3.05, 3.63) is 22.0 Å². The number of hydrogen-bond donors (Lipinski definition) is 1. The van der Waals surface area contributed by atoms with Crippen LogP contribution in [-0.2, 0) is 0 Å². The van der Waals surface area contributed by atoms with Gasteiger partial charge in [-0.2, -0.15) is 5.10 Å². The van der Waals surface area contributed by atoms with Crippen molar-refractivity contribution in [3.8, 4) is 0 Å². The fourth-order valence-electron chi connectivity index (χ4n) is 2.69. The monoisotopic (exact) mass is 278 g/mol. The number of hydrogen-bond acceptors (Lipinski definition) is 4. The van der Waals surface area contributed by atoms with Crippen molar-refractivity contribution in [2.75, 3.05) is 0 Å². The zero-order valence-electron chi connectivity index (χ0n) is 11.2. The van der Waals surface area contributed by atoms with Crippen molar-refractivity contribution in [2.24, 2.45) is 0 Å². The van der Waals surface area contributed by atoms with Crippen molar-refractivity contribution in [1.29, 1.82) is 0 Å². The van der Waals surface area contributed by atoms with E-state index in [2.05, 4.69) is 10.4 Å². The summed E-state index contributed by atoms with van der Waals surface area (Å²) < 4.78 is 1.62. The highest BCUT2D eigenvalue weighted by molar-refractivity contribution is 5.96. The third kappa shape index (κ3) is 2.66. The average Bonchev–Trinajstić information content (AvgIpc) is 3.14. The molecule has 0 unspecified atom stereocenters. The molecule has 108 valence electrons. The van der Waals surface area contributed by atoms with Gasteiger partial charge >= 0.3 is 5.69 Å². The van der Waals surface area contributed by atoms with E-state index < -0.39 is 10.8 Å². The minimum absolute atomic E-state index is 0.0486. The highest BCUT2D eigenvalue weighted by Crippen LogP contribution is 2.30. The lowest BCUT2D eigenvalue weighted by Gasteiger charge is -2.21. The molecule has 2 fully saturated rings. The molecule has 3 rings (SSSR count). The lowest BCUT2D eigenvalue weighted by Crippen LogP contribution is -2.26. The first kappa shape index (κ1) is 13.1. The van der Waals surface area contributed by atoms with Crippen molar-refractivity contribution >= 4 is 11.6 Å². The molecule has 0 aromatic carbocycles. The third-order valence-corrected chi connectivity index (χ3v) is 3.99. The van der Waals surface area contributed by atoms with Crippen molar-refractivity contribution in [1.82, 2.24) is 15.1 Å². The van der Waals surface area contributed by atoms with E-state index in [1.54, 1.807) is 4.68 Å². The second kappa shape index (κ2) is 5.22. The second-order valence-electron chi connectivity index (χ2n) is 5.64. The maximum absolute atomic E-state index is 12.0. The fraction of sp³-hybridized carbons (Fsp3) is 0.692. The molecule has 7 heteroatoms. The predicted octanol–water partition coefficient (Wildman–Crippen LogP) is 2.19. The molecule has 1 N–H and O–H groups in total. The molecule has 1 aromatic rings. The fourth-order valence-corrected chi connectivity index (χ4v) is 2.69. The van der Waals surface area contributed by atoms with Crippen molar-refractivity contribution < 1.29 is 9.72 Å². The molecule has 7 nitrogen and oxygen atoms in total. The Morgan fingerprint density at radius 3 is 2.60 bits per heavy atom. The standard InChI is InChI=1S/C13H18N4O3/c18-13(14-9-6-7-9)12-11(17(19)20)8-16(15-12)10-4-2-1-3-5-10/h8-10H,1-7H2,(H,14,18). The molecule has 0 saturated heterocycles. The Labute approximate surface area is 116 Å². The Bertz CT molecular complexity index is 530. The first-order valence-corrected chi connectivity index (χ1v) is 7.19. The highest BCUT2D eigenvalue weighted by Gasteiger charge is 2.31. The van der Waals surface area contributed by atoms with E-state index >= 15 is 0 Å². The molecule has 0 atom stereocenters. The van der Waals surface area contributed by atoms with Gasteiger partial charge in [0.1, 0.15) is 6.20 Å². The van der Waals surface area contributed by atoms with Crippen LogP contribution in [0.4, 0.5) is 5.69 Å². The Balaban J connectivity index is 1.84. The van der Waals surface area contributed by atoms with E-state index in [9.17, 15) is 14.9 Å². The van der Waals surface area contributed by atoms with Crippen LogP contribution < -0.4 is 5.32 Å². The lowest BCUT2D eigenvalue weighted by molar-refractivity contribution is -0.385. The number of rotatable bonds is 4. The number of aromatic nitrogens is 2. The number of carbonyl (C=O) groups excluding carboxylic acids is 1. The van der Waals surface area contributed by atoms with E-state index in [0.29, 0.717) is 0 Å². The normalized spacial score (nSPS) is 19.8. The third-order valence-electron chi connectivity index (χ3n) is 3.99. The van der Waals surface area contributed by atoms with Gasteiger partial charge in [-0.15, -0.1) is 0 Å². The molecule has 2 aliphatic carbocycles. The van der Waals surface area contributed by atoms with Crippen LogP contribution in [0.5, 0.6) is 0 Å². The molecule has 1 amide bonds. The number of nitro groups is 1. The number of amides is 1. The minimum atomic E-state index is -0.520. The van der Waals surface area contributed by atoms with E-state index in [0.717, 1.165) is 38.5 Å². The predicted molar refractivity (Wildman–Crippen MR) is 71.5 cm³/mol. The van der Waals surface area contributed by atoms with Gasteiger partial charge in [0, 0.05) is 6.04 Å². The van der Waals surface area contributed by atoms with Gasteiger partial charge in [0.05, 0.1) is 11.0 Å². The first-order chi connectivity index (χ1) is 9.65. The summed E-state index contributed by atoms with van der Waals surface area (Å²) in [4.78, 5) is 22.6. The molecular formula is C13H18N4O3. The maximum atomic E-state index is 12.0. The van der Waals surface area contributed by atoms with Gasteiger partial charge in [-0.25, -0.2) is 0 Å². The summed E-state index contributed by atoms with van der Waals surface area (Å²) in [6.07, 6.45) is 8.69. The lowest BCUT2D eigenvalue weighted by atomic mass is 9.96. The summed E-state index contributed by atoms with van der Waals surface area (Å²) in [5.74, 6) is -0.422. The molecule has 2 aliphatic rings. The Morgan fingerprint density at radius 2 is 2.00 bits per heavy atom. The molecule has 0 spiro atoms. The Kier molecular flexibility index (Phi) is 3.42. The van der Waals surface area contributed by atoms with Gasteiger partial charge in [-0.3, -0.25) is 19.6 Å². The van der Waals surface area contributed by atoms with Gasteiger partial charge in [-0.1, -0.05) is 19.3 Å². The van der Waals surface area contributed by atoms with Crippen LogP contribution in [0, 0.1) is 10.1 Å². The molecule has 0 bridgehead atoms. The molecule has 0 radical (unpaired) electrons. The zero-order chi connectivity index (χ0) is 14.1. The van der Waals surface area contributed by atoms with Crippen LogP contribution in [-0.4, -0.2) is 26.7 Å². The van der Waals surface area contributed by atoms with E-state index in [1.807, 2.05) is 0 Å². The second-order valence-corrected chi connectivity index (χ2v) is 5.64. The smallest absolute Gasteiger partial charge is 0.320 e. The van der Waals surface area contributed by atoms with E-state index in [4.69, 9.17) is 0 Å². The van der Waals surface area contributed by atoms with Gasteiger partial charge in [0.25, 0.3) is 5.91 Å². The van der Waals surface area contributed by atoms with Crippen LogP contribution in [0.3, 0.4) is 0 Å². The summed E-state index contributed by atoms with van der Waals surface area (Å²) in [7, 11) is 0. The van der Waals surface area contributed by atoms with E-state index in [1.165, 1.54) is 12.6 Å². The van der Waals surface area contributed by atoms with Crippen molar-refractivity contribution in [3.63, 3.8) is 0 Å². The largest absolute Gasteiger partial charge is 0.348 e. The summed E-state index contributed by atoms with van der Waals surface area (Å²) in [5, 5.41) is 18.1. The van der Waals surface area contributed by atoms with Crippen LogP contribution in [0.25, 0.3) is 0 Å². The SMILES string of the molecule is O=C(NC1CC1)c1nn(C2CCCCC2)cc1[N+](=O)[O-]. The quantitative estimate of drug-likeness (QED) is 0.675. The molecule has 1 heterocycles. The number of nitrogens with one attached hydrogen (secondary N) is 1. The number of carbonyl (C=O) groups is 1. The van der Waals surface area contributed by atoms with Gasteiger partial charge in [0.2, 0.25) is 5.69 Å². The van der Waals surface area contributed by atoms with Crippen LogP contribution in [0.2, 0.25) is 0 Å². The average molecular weight is 278 g/mol. The van der Waals surface area contributed by atoms with Gasteiger partial charge in [-0.05, 0) is 25.7 Å². The number of nitrogens with zero attached hydrogens (tertiary/aromatic N) is 3.